The fourth-order valence-electron chi connectivity index (χ4n) is 2.39. The Morgan fingerprint density at radius 1 is 1.24 bits per heavy atom. The maximum absolute atomic E-state index is 12.4. The van der Waals surface area contributed by atoms with Gasteiger partial charge in [0.1, 0.15) is 11.5 Å². The van der Waals surface area contributed by atoms with Crippen LogP contribution in [0.15, 0.2) is 48.2 Å². The summed E-state index contributed by atoms with van der Waals surface area (Å²) in [5.41, 5.74) is 1.12. The summed E-state index contributed by atoms with van der Waals surface area (Å²) in [4.78, 5) is 23.9. The molecule has 0 spiro atoms. The second-order valence-electron chi connectivity index (χ2n) is 5.40. The molecule has 25 heavy (non-hydrogen) atoms. The lowest BCUT2D eigenvalue weighted by Gasteiger charge is -2.12. The minimum atomic E-state index is -0.765. The van der Waals surface area contributed by atoms with Gasteiger partial charge < -0.3 is 14.2 Å². The largest absolute Gasteiger partial charge is 0.479 e. The Labute approximate surface area is 149 Å². The van der Waals surface area contributed by atoms with Gasteiger partial charge >= 0.3 is 5.97 Å². The van der Waals surface area contributed by atoms with Gasteiger partial charge in [-0.1, -0.05) is 29.8 Å². The van der Waals surface area contributed by atoms with Gasteiger partial charge in [-0.25, -0.2) is 4.79 Å². The Hall–Kier alpha value is -2.79. The van der Waals surface area contributed by atoms with Gasteiger partial charge in [0.05, 0.1) is 12.7 Å². The number of allylic oxidation sites excluding steroid dienone is 1. The van der Waals surface area contributed by atoms with Gasteiger partial charge in [0, 0.05) is 11.1 Å². The molecular weight excluding hydrogens is 344 g/mol. The van der Waals surface area contributed by atoms with Crippen LogP contribution in [0.2, 0.25) is 5.02 Å². The summed E-state index contributed by atoms with van der Waals surface area (Å²) in [6.07, 6.45) is 0.834. The number of carbonyl (C=O) groups excluding carboxylic acids is 2. The number of Topliss-reactive ketones (excluding diaryl/α,β-unsaturated/α-hetero) is 1. The second kappa shape index (κ2) is 6.99. The minimum Gasteiger partial charge on any atom is -0.479 e. The average molecular weight is 359 g/mol. The number of rotatable bonds is 4. The number of carbonyl (C=O) groups is 2. The average Bonchev–Trinajstić information content (AvgIpc) is 2.91. The molecule has 0 aliphatic carbocycles. The predicted octanol–water partition coefficient (Wildman–Crippen LogP) is 3.90. The molecule has 0 saturated heterocycles. The lowest BCUT2D eigenvalue weighted by atomic mass is 10.1. The van der Waals surface area contributed by atoms with Gasteiger partial charge in [0.25, 0.3) is 0 Å². The Morgan fingerprint density at radius 3 is 2.72 bits per heavy atom. The number of esters is 1. The first-order valence-electron chi connectivity index (χ1n) is 7.57. The first-order valence-corrected chi connectivity index (χ1v) is 7.94. The van der Waals surface area contributed by atoms with E-state index in [1.807, 2.05) is 12.1 Å². The molecule has 1 atom stereocenters. The number of methoxy groups -OCH3 is 1. The van der Waals surface area contributed by atoms with E-state index in [0.29, 0.717) is 27.6 Å². The zero-order valence-corrected chi connectivity index (χ0v) is 14.4. The predicted molar refractivity (Wildman–Crippen MR) is 92.9 cm³/mol. The molecule has 6 heteroatoms. The van der Waals surface area contributed by atoms with Crippen molar-refractivity contribution in [2.45, 2.75) is 13.0 Å². The maximum Gasteiger partial charge on any atom is 0.346 e. The Balaban J connectivity index is 1.84. The molecule has 128 valence electrons. The molecule has 0 amide bonds. The molecule has 0 bridgehead atoms. The van der Waals surface area contributed by atoms with Gasteiger partial charge in [-0.05, 0) is 36.8 Å². The molecule has 0 fully saturated rings. The first-order chi connectivity index (χ1) is 12.0. The standard InChI is InChI=1S/C19H15ClO5/c1-11(19(22)23-2)24-13-7-8-14-16(10-13)25-17(18(14)21)9-12-5-3-4-6-15(12)20/h3-11H,1-2H3/b17-9-. The van der Waals surface area contributed by atoms with Crippen molar-refractivity contribution in [2.75, 3.05) is 7.11 Å². The lowest BCUT2D eigenvalue weighted by Crippen LogP contribution is -2.24. The van der Waals surface area contributed by atoms with E-state index in [-0.39, 0.29) is 11.5 Å². The number of fused-ring (bicyclic) bond motifs is 1. The van der Waals surface area contributed by atoms with Crippen LogP contribution < -0.4 is 9.47 Å². The molecule has 0 saturated carbocycles. The number of ether oxygens (including phenoxy) is 3. The second-order valence-corrected chi connectivity index (χ2v) is 5.81. The number of hydrogen-bond acceptors (Lipinski definition) is 5. The van der Waals surface area contributed by atoms with Crippen LogP contribution in [-0.4, -0.2) is 25.0 Å². The highest BCUT2D eigenvalue weighted by molar-refractivity contribution is 6.32. The number of ketones is 1. The van der Waals surface area contributed by atoms with Gasteiger partial charge in [-0.15, -0.1) is 0 Å². The number of benzene rings is 2. The molecule has 3 rings (SSSR count). The van der Waals surface area contributed by atoms with E-state index in [0.717, 1.165) is 0 Å². The summed E-state index contributed by atoms with van der Waals surface area (Å²) in [6.45, 7) is 1.58. The summed E-state index contributed by atoms with van der Waals surface area (Å²) >= 11 is 6.11. The molecule has 5 nitrogen and oxygen atoms in total. The molecule has 2 aromatic rings. The van der Waals surface area contributed by atoms with Crippen molar-refractivity contribution in [3.8, 4) is 11.5 Å². The van der Waals surface area contributed by atoms with E-state index in [1.165, 1.54) is 7.11 Å². The van der Waals surface area contributed by atoms with Gasteiger partial charge in [-0.3, -0.25) is 4.79 Å². The fraction of sp³-hybridized carbons (Fsp3) is 0.158. The highest BCUT2D eigenvalue weighted by Gasteiger charge is 2.28. The summed E-state index contributed by atoms with van der Waals surface area (Å²) < 4.78 is 15.8. The van der Waals surface area contributed by atoms with Crippen molar-refractivity contribution in [2.24, 2.45) is 0 Å². The molecule has 1 aliphatic heterocycles. The minimum absolute atomic E-state index is 0.182. The smallest absolute Gasteiger partial charge is 0.346 e. The highest BCUT2D eigenvalue weighted by Crippen LogP contribution is 2.35. The van der Waals surface area contributed by atoms with Crippen molar-refractivity contribution < 1.29 is 23.8 Å². The van der Waals surface area contributed by atoms with Crippen molar-refractivity contribution in [1.29, 1.82) is 0 Å². The molecular formula is C19H15ClO5. The third kappa shape index (κ3) is 3.51. The molecule has 0 radical (unpaired) electrons. The van der Waals surface area contributed by atoms with Crippen LogP contribution in [0.4, 0.5) is 0 Å². The van der Waals surface area contributed by atoms with Gasteiger partial charge in [0.2, 0.25) is 5.78 Å². The van der Waals surface area contributed by atoms with Crippen LogP contribution in [-0.2, 0) is 9.53 Å². The van der Waals surface area contributed by atoms with Crippen LogP contribution in [0.5, 0.6) is 11.5 Å². The molecule has 2 aromatic carbocycles. The van der Waals surface area contributed by atoms with Crippen molar-refractivity contribution >= 4 is 29.4 Å². The zero-order chi connectivity index (χ0) is 18.0. The van der Waals surface area contributed by atoms with Gasteiger partial charge in [0.15, 0.2) is 11.9 Å². The van der Waals surface area contributed by atoms with Crippen LogP contribution in [0.25, 0.3) is 6.08 Å². The van der Waals surface area contributed by atoms with E-state index in [2.05, 4.69) is 4.74 Å². The van der Waals surface area contributed by atoms with Crippen LogP contribution in [0.1, 0.15) is 22.8 Å². The molecule has 1 heterocycles. The third-order valence-corrected chi connectivity index (χ3v) is 4.02. The lowest BCUT2D eigenvalue weighted by molar-refractivity contribution is -0.147. The van der Waals surface area contributed by atoms with Crippen LogP contribution >= 0.6 is 11.6 Å². The Bertz CT molecular complexity index is 872. The van der Waals surface area contributed by atoms with E-state index >= 15 is 0 Å². The number of halogens is 1. The topological polar surface area (TPSA) is 61.8 Å². The third-order valence-electron chi connectivity index (χ3n) is 3.68. The summed E-state index contributed by atoms with van der Waals surface area (Å²) in [7, 11) is 1.29. The molecule has 1 aliphatic rings. The SMILES string of the molecule is COC(=O)C(C)Oc1ccc2c(c1)O/C(=C\c1ccccc1Cl)C2=O. The highest BCUT2D eigenvalue weighted by atomic mass is 35.5. The zero-order valence-electron chi connectivity index (χ0n) is 13.6. The molecule has 0 N–H and O–H groups in total. The normalized spacial score (nSPS) is 15.5. The van der Waals surface area contributed by atoms with Crippen LogP contribution in [0, 0.1) is 0 Å². The van der Waals surface area contributed by atoms with Crippen LogP contribution in [0.3, 0.4) is 0 Å². The summed E-state index contributed by atoms with van der Waals surface area (Å²) in [5.74, 6) is 0.238. The van der Waals surface area contributed by atoms with E-state index in [1.54, 1.807) is 43.3 Å². The molecule has 1 unspecified atom stereocenters. The first kappa shape index (κ1) is 17.0. The fourth-order valence-corrected chi connectivity index (χ4v) is 2.58. The van der Waals surface area contributed by atoms with Crippen molar-refractivity contribution in [3.63, 3.8) is 0 Å². The van der Waals surface area contributed by atoms with Crippen molar-refractivity contribution in [1.82, 2.24) is 0 Å². The maximum atomic E-state index is 12.4. The van der Waals surface area contributed by atoms with Gasteiger partial charge in [-0.2, -0.15) is 0 Å². The Morgan fingerprint density at radius 2 is 2.00 bits per heavy atom. The summed E-state index contributed by atoms with van der Waals surface area (Å²) in [5, 5.41) is 0.526. The van der Waals surface area contributed by atoms with E-state index < -0.39 is 12.1 Å². The summed E-state index contributed by atoms with van der Waals surface area (Å²) in [6, 6.07) is 11.9. The number of hydrogen-bond donors (Lipinski definition) is 0. The quantitative estimate of drug-likeness (QED) is 0.612. The van der Waals surface area contributed by atoms with E-state index in [9.17, 15) is 9.59 Å². The van der Waals surface area contributed by atoms with E-state index in [4.69, 9.17) is 21.1 Å². The molecule has 0 aromatic heterocycles. The Kier molecular flexibility index (Phi) is 4.76. The van der Waals surface area contributed by atoms with Crippen molar-refractivity contribution in [3.05, 3.63) is 64.4 Å². The monoisotopic (exact) mass is 358 g/mol.